The van der Waals surface area contributed by atoms with Crippen LogP contribution in [-0.4, -0.2) is 19.3 Å². The Hall–Kier alpha value is -4.50. The summed E-state index contributed by atoms with van der Waals surface area (Å²) in [5.74, 6) is 2.36. The van der Waals surface area contributed by atoms with Gasteiger partial charge in [0.15, 0.2) is 0 Å². The first-order chi connectivity index (χ1) is 24.1. The van der Waals surface area contributed by atoms with Crippen molar-refractivity contribution in [3.63, 3.8) is 0 Å². The second-order valence-electron chi connectivity index (χ2n) is 16.3. The minimum atomic E-state index is -0.223. The molecule has 0 aliphatic rings. The summed E-state index contributed by atoms with van der Waals surface area (Å²) in [6, 6.07) is 34.8. The molecule has 0 aliphatic heterocycles. The summed E-state index contributed by atoms with van der Waals surface area (Å²) in [5, 5.41) is 7.70. The number of ether oxygens (including phenoxy) is 1. The smallest absolute Gasteiger partial charge is 0.509 e. The average Bonchev–Trinajstić information content (AvgIpc) is 3.62. The van der Waals surface area contributed by atoms with E-state index in [1.807, 2.05) is 18.3 Å². The van der Waals surface area contributed by atoms with E-state index in [0.717, 1.165) is 55.8 Å². The van der Waals surface area contributed by atoms with Crippen molar-refractivity contribution in [3.05, 3.63) is 131 Å². The van der Waals surface area contributed by atoms with Gasteiger partial charge in [-0.05, 0) is 78.2 Å². The number of nitrogens with zero attached hydrogens (tertiary/aromatic N) is 4. The van der Waals surface area contributed by atoms with Crippen molar-refractivity contribution in [2.75, 3.05) is 0 Å². The summed E-state index contributed by atoms with van der Waals surface area (Å²) in [5.41, 5.74) is 12.0. The number of pyridine rings is 1. The molecule has 4 aromatic carbocycles. The monoisotopic (exact) mass is 778 g/mol. The number of hydrogen-bond acceptors (Lipinski definition) is 3. The molecule has 0 amide bonds. The standard InChI is InChI=1S/C46H48N4O.Pd/c1-28(2)32-24-33(50-44(46(9,10)11)42(43(48-50)45(6,7)8)41-30(4)15-14-16-31(41)5)26-35(25-32)51-34-19-20-37-36-17-12-13-18-38(36)49(39(37)27-34)40-23-29(3)21-22-47-40;/h12-25,28H,1-11H3;/q-2;+2. The van der Waals surface area contributed by atoms with E-state index >= 15 is 0 Å². The van der Waals surface area contributed by atoms with Crippen LogP contribution in [0.4, 0.5) is 0 Å². The molecule has 0 saturated carbocycles. The van der Waals surface area contributed by atoms with Crippen LogP contribution in [-0.2, 0) is 31.3 Å². The molecule has 0 unspecified atom stereocenters. The molecule has 6 heteroatoms. The maximum Gasteiger partial charge on any atom is 2.00 e. The predicted octanol–water partition coefficient (Wildman–Crippen LogP) is 12.1. The summed E-state index contributed by atoms with van der Waals surface area (Å²) >= 11 is 0. The molecule has 0 fully saturated rings. The first-order valence-corrected chi connectivity index (χ1v) is 18.0. The molecule has 0 radical (unpaired) electrons. The van der Waals surface area contributed by atoms with Crippen molar-refractivity contribution < 1.29 is 25.2 Å². The molecule has 52 heavy (non-hydrogen) atoms. The van der Waals surface area contributed by atoms with E-state index < -0.39 is 0 Å². The third-order valence-corrected chi connectivity index (χ3v) is 9.69. The molecule has 0 saturated heterocycles. The fourth-order valence-corrected chi connectivity index (χ4v) is 7.24. The van der Waals surface area contributed by atoms with E-state index in [2.05, 4.69) is 164 Å². The molecule has 0 atom stereocenters. The zero-order valence-corrected chi connectivity index (χ0v) is 33.7. The first-order valence-electron chi connectivity index (χ1n) is 18.0. The van der Waals surface area contributed by atoms with Gasteiger partial charge in [0.2, 0.25) is 0 Å². The summed E-state index contributed by atoms with van der Waals surface area (Å²) in [6.45, 7) is 24.5. The Morgan fingerprint density at radius 2 is 1.42 bits per heavy atom. The molecular weight excluding hydrogens is 731 g/mol. The molecule has 268 valence electrons. The van der Waals surface area contributed by atoms with Crippen molar-refractivity contribution in [3.8, 4) is 34.1 Å². The van der Waals surface area contributed by atoms with Gasteiger partial charge in [-0.15, -0.1) is 41.3 Å². The molecule has 0 N–H and O–H groups in total. The molecule has 7 rings (SSSR count). The molecule has 0 bridgehead atoms. The van der Waals surface area contributed by atoms with Gasteiger partial charge in [-0.3, -0.25) is 4.68 Å². The van der Waals surface area contributed by atoms with Gasteiger partial charge in [-0.25, -0.2) is 4.98 Å². The van der Waals surface area contributed by atoms with E-state index in [-0.39, 0.29) is 37.2 Å². The molecule has 7 aromatic rings. The Morgan fingerprint density at radius 1 is 0.712 bits per heavy atom. The predicted molar refractivity (Wildman–Crippen MR) is 211 cm³/mol. The number of aromatic nitrogens is 4. The van der Waals surface area contributed by atoms with Crippen LogP contribution in [0, 0.1) is 32.9 Å². The first kappa shape index (κ1) is 37.3. The van der Waals surface area contributed by atoms with E-state index in [1.54, 1.807) is 0 Å². The second kappa shape index (κ2) is 13.8. The van der Waals surface area contributed by atoms with Crippen LogP contribution < -0.4 is 4.74 Å². The van der Waals surface area contributed by atoms with Crippen LogP contribution >= 0.6 is 0 Å². The van der Waals surface area contributed by atoms with E-state index in [4.69, 9.17) is 14.8 Å². The Kier molecular flexibility index (Phi) is 9.90. The summed E-state index contributed by atoms with van der Waals surface area (Å²) in [6.07, 6.45) is 1.86. The van der Waals surface area contributed by atoms with Crippen molar-refractivity contribution in [2.24, 2.45) is 0 Å². The third kappa shape index (κ3) is 6.75. The van der Waals surface area contributed by atoms with E-state index in [0.29, 0.717) is 11.5 Å². The molecule has 5 nitrogen and oxygen atoms in total. The fourth-order valence-electron chi connectivity index (χ4n) is 7.24. The molecule has 3 aromatic heterocycles. The maximum absolute atomic E-state index is 6.72. The van der Waals surface area contributed by atoms with Gasteiger partial charge < -0.3 is 9.30 Å². The van der Waals surface area contributed by atoms with Crippen LogP contribution in [0.5, 0.6) is 11.5 Å². The Labute approximate surface area is 322 Å². The topological polar surface area (TPSA) is 44.9 Å². The number of hydrogen-bond donors (Lipinski definition) is 0. The number of para-hydroxylation sites is 1. The van der Waals surface area contributed by atoms with Gasteiger partial charge in [-0.2, -0.15) is 11.2 Å². The van der Waals surface area contributed by atoms with Crippen LogP contribution in [0.15, 0.2) is 85.1 Å². The third-order valence-electron chi connectivity index (χ3n) is 9.69. The number of benzene rings is 4. The minimum absolute atomic E-state index is 0. The number of aryl methyl sites for hydroxylation is 3. The van der Waals surface area contributed by atoms with Gasteiger partial charge in [0.1, 0.15) is 5.82 Å². The fraction of sp³-hybridized carbons (Fsp3) is 0.304. The van der Waals surface area contributed by atoms with Crippen LogP contribution in [0.25, 0.3) is 44.4 Å². The van der Waals surface area contributed by atoms with E-state index in [9.17, 15) is 0 Å². The Balaban J connectivity index is 0.00000464. The normalized spacial score (nSPS) is 12.2. The van der Waals surface area contributed by atoms with Gasteiger partial charge in [0.05, 0.1) is 11.4 Å². The van der Waals surface area contributed by atoms with Gasteiger partial charge >= 0.3 is 20.4 Å². The van der Waals surface area contributed by atoms with Crippen molar-refractivity contribution in [1.29, 1.82) is 0 Å². The number of fused-ring (bicyclic) bond motifs is 3. The molecule has 0 aliphatic carbocycles. The van der Waals surface area contributed by atoms with Crippen molar-refractivity contribution in [2.45, 2.75) is 92.9 Å². The number of rotatable bonds is 6. The summed E-state index contributed by atoms with van der Waals surface area (Å²) in [7, 11) is 0. The van der Waals surface area contributed by atoms with Crippen LogP contribution in [0.1, 0.15) is 94.9 Å². The molecular formula is C46H48N4OPd. The quantitative estimate of drug-likeness (QED) is 0.125. The Bertz CT molecular complexity index is 2410. The van der Waals surface area contributed by atoms with Gasteiger partial charge in [0, 0.05) is 39.6 Å². The minimum Gasteiger partial charge on any atom is -0.509 e. The SMILES string of the molecule is Cc1ccnc(-n2c3[c-]c(Oc4[c-]c(-n5nc(C(C)(C)C)c(-c6c(C)cccc6C)c5C(C)(C)C)cc(C(C)C)c4)ccc3c3ccccc32)c1.[Pd+2]. The van der Waals surface area contributed by atoms with E-state index in [1.165, 1.54) is 22.3 Å². The van der Waals surface area contributed by atoms with Crippen LogP contribution in [0.2, 0.25) is 0 Å². The van der Waals surface area contributed by atoms with Crippen molar-refractivity contribution in [1.82, 2.24) is 19.3 Å². The Morgan fingerprint density at radius 3 is 2.08 bits per heavy atom. The largest absolute Gasteiger partial charge is 2.00 e. The maximum atomic E-state index is 6.72. The van der Waals surface area contributed by atoms with Gasteiger partial charge in [-0.1, -0.05) is 97.3 Å². The summed E-state index contributed by atoms with van der Waals surface area (Å²) in [4.78, 5) is 4.75. The van der Waals surface area contributed by atoms with Crippen molar-refractivity contribution >= 4 is 21.8 Å². The van der Waals surface area contributed by atoms with Crippen LogP contribution in [0.3, 0.4) is 0 Å². The summed E-state index contributed by atoms with van der Waals surface area (Å²) < 4.78 is 11.0. The molecule has 0 spiro atoms. The van der Waals surface area contributed by atoms with Gasteiger partial charge in [0.25, 0.3) is 0 Å². The average molecular weight is 779 g/mol. The zero-order valence-electron chi connectivity index (χ0n) is 32.2. The molecule has 3 heterocycles. The zero-order chi connectivity index (χ0) is 36.4. The second-order valence-corrected chi connectivity index (χ2v) is 16.3.